The maximum atomic E-state index is 12.2. The highest BCUT2D eigenvalue weighted by molar-refractivity contribution is 6.32. The van der Waals surface area contributed by atoms with Crippen LogP contribution in [0.25, 0.3) is 0 Å². The van der Waals surface area contributed by atoms with Gasteiger partial charge in [-0.15, -0.1) is 0 Å². The molecule has 0 saturated carbocycles. The van der Waals surface area contributed by atoms with Crippen molar-refractivity contribution in [2.45, 2.75) is 65.7 Å². The van der Waals surface area contributed by atoms with Crippen molar-refractivity contribution in [3.8, 4) is 5.75 Å². The Morgan fingerprint density at radius 2 is 1.75 bits per heavy atom. The molecule has 136 valence electrons. The second kappa shape index (κ2) is 9.90. The van der Waals surface area contributed by atoms with E-state index in [9.17, 15) is 4.79 Å². The zero-order chi connectivity index (χ0) is 18.3. The minimum atomic E-state index is -0.630. The highest BCUT2D eigenvalue weighted by Crippen LogP contribution is 2.29. The molecule has 0 fully saturated rings. The van der Waals surface area contributed by atoms with E-state index in [1.54, 1.807) is 6.07 Å². The van der Waals surface area contributed by atoms with E-state index >= 15 is 0 Å². The van der Waals surface area contributed by atoms with Crippen LogP contribution in [0.1, 0.15) is 47.5 Å². The molecule has 5 heteroatoms. The van der Waals surface area contributed by atoms with Crippen LogP contribution in [0, 0.1) is 11.8 Å². The lowest BCUT2D eigenvalue weighted by molar-refractivity contribution is -0.157. The van der Waals surface area contributed by atoms with Gasteiger partial charge in [0.1, 0.15) is 24.0 Å². The summed E-state index contributed by atoms with van der Waals surface area (Å²) in [5, 5.41) is 0.547. The normalized spacial score (nSPS) is 15.2. The van der Waals surface area contributed by atoms with Crippen molar-refractivity contribution in [1.82, 2.24) is 0 Å². The largest absolute Gasteiger partial charge is 0.485 e. The molecule has 0 saturated heterocycles. The van der Waals surface area contributed by atoms with Gasteiger partial charge in [0.05, 0.1) is 5.02 Å². The molecule has 0 heterocycles. The number of rotatable bonds is 9. The number of hydrogen-bond acceptors (Lipinski definition) is 4. The molecule has 2 N–H and O–H groups in total. The third-order valence-electron chi connectivity index (χ3n) is 4.37. The first-order chi connectivity index (χ1) is 11.3. The van der Waals surface area contributed by atoms with Gasteiger partial charge in [0, 0.05) is 0 Å². The summed E-state index contributed by atoms with van der Waals surface area (Å²) in [6, 6.07) is 6.71. The fourth-order valence-electron chi connectivity index (χ4n) is 2.62. The fraction of sp³-hybridized carbons (Fsp3) is 0.632. The average Bonchev–Trinajstić information content (AvgIpc) is 2.55. The van der Waals surface area contributed by atoms with Crippen LogP contribution in [0.2, 0.25) is 5.02 Å². The van der Waals surface area contributed by atoms with Crippen LogP contribution in [-0.2, 0) is 9.53 Å². The Kier molecular flexibility index (Phi) is 8.57. The summed E-state index contributed by atoms with van der Waals surface area (Å²) >= 11 is 6.21. The Balaban J connectivity index is 2.93. The highest BCUT2D eigenvalue weighted by atomic mass is 35.5. The molecule has 0 amide bonds. The first-order valence-electron chi connectivity index (χ1n) is 8.68. The monoisotopic (exact) mass is 355 g/mol. The summed E-state index contributed by atoms with van der Waals surface area (Å²) in [4.78, 5) is 12.2. The van der Waals surface area contributed by atoms with Crippen molar-refractivity contribution in [3.63, 3.8) is 0 Å². The zero-order valence-electron chi connectivity index (χ0n) is 15.3. The third-order valence-corrected chi connectivity index (χ3v) is 4.68. The molecule has 4 nitrogen and oxygen atoms in total. The van der Waals surface area contributed by atoms with E-state index in [0.29, 0.717) is 10.8 Å². The van der Waals surface area contributed by atoms with Gasteiger partial charge in [0.25, 0.3) is 0 Å². The Labute approximate surface area is 150 Å². The smallest absolute Gasteiger partial charge is 0.323 e. The fourth-order valence-corrected chi connectivity index (χ4v) is 2.80. The van der Waals surface area contributed by atoms with Gasteiger partial charge in [-0.25, -0.2) is 0 Å². The molecular formula is C19H30ClNO3. The SMILES string of the molecule is CCC(CC)[C@@H](Oc1ccccc1Cl)[C@H](C)OC(=O)[C@@H](N)C(C)C. The van der Waals surface area contributed by atoms with E-state index in [0.717, 1.165) is 12.8 Å². The summed E-state index contributed by atoms with van der Waals surface area (Å²) in [5.74, 6) is 0.489. The summed E-state index contributed by atoms with van der Waals surface area (Å²) in [7, 11) is 0. The van der Waals surface area contributed by atoms with Crippen LogP contribution in [0.3, 0.4) is 0 Å². The number of carbonyl (C=O) groups excluding carboxylic acids is 1. The van der Waals surface area contributed by atoms with Gasteiger partial charge >= 0.3 is 5.97 Å². The summed E-state index contributed by atoms with van der Waals surface area (Å²) in [6.45, 7) is 9.85. The van der Waals surface area contributed by atoms with Gasteiger partial charge in [0.2, 0.25) is 0 Å². The second-order valence-corrected chi connectivity index (χ2v) is 6.91. The van der Waals surface area contributed by atoms with Crippen molar-refractivity contribution in [2.75, 3.05) is 0 Å². The first-order valence-corrected chi connectivity index (χ1v) is 9.06. The molecule has 0 unspecified atom stereocenters. The van der Waals surface area contributed by atoms with Crippen molar-refractivity contribution < 1.29 is 14.3 Å². The van der Waals surface area contributed by atoms with Gasteiger partial charge in [0.15, 0.2) is 0 Å². The maximum Gasteiger partial charge on any atom is 0.323 e. The number of nitrogens with two attached hydrogens (primary N) is 1. The predicted molar refractivity (Wildman–Crippen MR) is 98.3 cm³/mol. The predicted octanol–water partition coefficient (Wildman–Crippen LogP) is 4.44. The van der Waals surface area contributed by atoms with Crippen LogP contribution >= 0.6 is 11.6 Å². The maximum absolute atomic E-state index is 12.2. The lowest BCUT2D eigenvalue weighted by atomic mass is 9.93. The van der Waals surface area contributed by atoms with Crippen molar-refractivity contribution in [1.29, 1.82) is 0 Å². The molecule has 1 aromatic rings. The molecule has 0 bridgehead atoms. The number of halogens is 1. The number of carbonyl (C=O) groups is 1. The molecule has 1 aromatic carbocycles. The van der Waals surface area contributed by atoms with E-state index in [1.165, 1.54) is 0 Å². The third kappa shape index (κ3) is 5.67. The Bertz CT molecular complexity index is 517. The number of hydrogen-bond donors (Lipinski definition) is 1. The molecule has 0 radical (unpaired) electrons. The molecule has 0 aliphatic rings. The first kappa shape index (κ1) is 20.8. The summed E-state index contributed by atoms with van der Waals surface area (Å²) < 4.78 is 11.7. The molecule has 1 rings (SSSR count). The molecule has 0 aliphatic carbocycles. The Hall–Kier alpha value is -1.26. The van der Waals surface area contributed by atoms with Gasteiger partial charge in [-0.05, 0) is 43.7 Å². The van der Waals surface area contributed by atoms with E-state index in [-0.39, 0.29) is 17.9 Å². The van der Waals surface area contributed by atoms with Gasteiger partial charge in [-0.1, -0.05) is 51.4 Å². The molecule has 24 heavy (non-hydrogen) atoms. The quantitative estimate of drug-likeness (QED) is 0.665. The zero-order valence-corrected chi connectivity index (χ0v) is 16.0. The van der Waals surface area contributed by atoms with Crippen LogP contribution in [-0.4, -0.2) is 24.2 Å². The van der Waals surface area contributed by atoms with E-state index in [1.807, 2.05) is 39.0 Å². The Morgan fingerprint density at radius 3 is 2.25 bits per heavy atom. The number of esters is 1. The second-order valence-electron chi connectivity index (χ2n) is 6.50. The van der Waals surface area contributed by atoms with Crippen LogP contribution < -0.4 is 10.5 Å². The van der Waals surface area contributed by atoms with E-state index < -0.39 is 18.1 Å². The lowest BCUT2D eigenvalue weighted by Crippen LogP contribution is -2.44. The number of ether oxygens (including phenoxy) is 2. The number of para-hydroxylation sites is 1. The number of benzene rings is 1. The van der Waals surface area contributed by atoms with Gasteiger partial charge < -0.3 is 15.2 Å². The molecule has 0 aliphatic heterocycles. The topological polar surface area (TPSA) is 61.5 Å². The van der Waals surface area contributed by atoms with Crippen molar-refractivity contribution in [3.05, 3.63) is 29.3 Å². The van der Waals surface area contributed by atoms with Crippen LogP contribution in [0.5, 0.6) is 5.75 Å². The van der Waals surface area contributed by atoms with E-state index in [4.69, 9.17) is 26.8 Å². The average molecular weight is 356 g/mol. The summed E-state index contributed by atoms with van der Waals surface area (Å²) in [6.07, 6.45) is 1.15. The molecule has 3 atom stereocenters. The van der Waals surface area contributed by atoms with Gasteiger partial charge in [-0.2, -0.15) is 0 Å². The van der Waals surface area contributed by atoms with Crippen molar-refractivity contribution in [2.24, 2.45) is 17.6 Å². The minimum Gasteiger partial charge on any atom is -0.485 e. The molecule has 0 aromatic heterocycles. The summed E-state index contributed by atoms with van der Waals surface area (Å²) in [5.41, 5.74) is 5.89. The van der Waals surface area contributed by atoms with E-state index in [2.05, 4.69) is 13.8 Å². The Morgan fingerprint density at radius 1 is 1.17 bits per heavy atom. The van der Waals surface area contributed by atoms with Crippen LogP contribution in [0.15, 0.2) is 24.3 Å². The standard InChI is InChI=1S/C19H30ClNO3/c1-6-14(7-2)18(24-16-11-9-8-10-15(16)20)13(5)23-19(22)17(21)12(3)4/h8-14,17-18H,6-7,21H2,1-5H3/t13-,17-,18-/m0/s1. The minimum absolute atomic E-state index is 0.0285. The molecule has 0 spiro atoms. The van der Waals surface area contributed by atoms with Crippen molar-refractivity contribution >= 4 is 17.6 Å². The molecular weight excluding hydrogens is 326 g/mol. The highest BCUT2D eigenvalue weighted by Gasteiger charge is 2.31. The van der Waals surface area contributed by atoms with Gasteiger partial charge in [-0.3, -0.25) is 4.79 Å². The van der Waals surface area contributed by atoms with Crippen LogP contribution in [0.4, 0.5) is 0 Å². The lowest BCUT2D eigenvalue weighted by Gasteiger charge is -2.32.